The number of nitrogens with two attached hydrogens (primary N) is 1. The zero-order chi connectivity index (χ0) is 12.6. The second kappa shape index (κ2) is 5.80. The number of rotatable bonds is 1. The molecule has 1 aromatic heterocycles. The van der Waals surface area contributed by atoms with Crippen LogP contribution in [0, 0.1) is 0 Å². The molecule has 0 saturated heterocycles. The first-order valence-corrected chi connectivity index (χ1v) is 5.44. The molecule has 0 fully saturated rings. The molecule has 18 heavy (non-hydrogen) atoms. The Morgan fingerprint density at radius 3 is 2.89 bits per heavy atom. The fourth-order valence-corrected chi connectivity index (χ4v) is 2.01. The van der Waals surface area contributed by atoms with Crippen LogP contribution in [0.4, 0.5) is 0 Å². The molecule has 1 atom stereocenters. The van der Waals surface area contributed by atoms with Gasteiger partial charge in [0.15, 0.2) is 5.49 Å². The van der Waals surface area contributed by atoms with Crippen molar-refractivity contribution in [3.8, 4) is 0 Å². The summed E-state index contributed by atoms with van der Waals surface area (Å²) < 4.78 is 1.28. The SMILES string of the molecule is C/C1=C\C(C)N=c2/c(c(C(=O)O)cn2N)=C\C1.[Y]. The van der Waals surface area contributed by atoms with Crippen molar-refractivity contribution in [2.45, 2.75) is 26.3 Å². The van der Waals surface area contributed by atoms with E-state index >= 15 is 0 Å². The van der Waals surface area contributed by atoms with Gasteiger partial charge in [0, 0.05) is 44.1 Å². The van der Waals surface area contributed by atoms with E-state index in [1.165, 1.54) is 16.4 Å². The molecular formula is C12H15N3O2Y. The van der Waals surface area contributed by atoms with Crippen LogP contribution >= 0.6 is 0 Å². The molecule has 0 bridgehead atoms. The maximum Gasteiger partial charge on any atom is 0.338 e. The van der Waals surface area contributed by atoms with Crippen LogP contribution in [0.15, 0.2) is 22.8 Å². The van der Waals surface area contributed by atoms with E-state index in [0.717, 1.165) is 6.42 Å². The minimum atomic E-state index is -0.980. The van der Waals surface area contributed by atoms with E-state index in [1.807, 2.05) is 26.0 Å². The predicted octanol–water partition coefficient (Wildman–Crippen LogP) is 0.0362. The number of aromatic nitrogens is 1. The number of fused-ring (bicyclic) bond motifs is 1. The molecule has 0 aliphatic carbocycles. The summed E-state index contributed by atoms with van der Waals surface area (Å²) in [5.74, 6) is 4.76. The number of carbonyl (C=O) groups is 1. The molecule has 93 valence electrons. The molecule has 0 spiro atoms. The standard InChI is InChI=1S/C12H15N3O2.Y/c1-7-3-4-9-10(12(16)17)6-15(13)11(9)14-8(2)5-7;/h4-6,8H,3,13H2,1-2H3,(H,16,17);/b7-5+,9-4-,14-11?;. The maximum atomic E-state index is 11.1. The van der Waals surface area contributed by atoms with Gasteiger partial charge in [0.05, 0.1) is 11.6 Å². The van der Waals surface area contributed by atoms with Crippen molar-refractivity contribution in [1.29, 1.82) is 0 Å². The molecule has 1 aliphatic rings. The number of hydrogen-bond acceptors (Lipinski definition) is 3. The van der Waals surface area contributed by atoms with Crippen molar-refractivity contribution >= 4 is 12.0 Å². The van der Waals surface area contributed by atoms with Gasteiger partial charge in [0.25, 0.3) is 0 Å². The van der Waals surface area contributed by atoms with Crippen LogP contribution in [0.2, 0.25) is 0 Å². The number of nitrogens with zero attached hydrogens (tertiary/aromatic N) is 2. The summed E-state index contributed by atoms with van der Waals surface area (Å²) >= 11 is 0. The Labute approximate surface area is 130 Å². The van der Waals surface area contributed by atoms with E-state index < -0.39 is 5.97 Å². The summed E-state index contributed by atoms with van der Waals surface area (Å²) in [6, 6.07) is 0.00120. The van der Waals surface area contributed by atoms with E-state index in [0.29, 0.717) is 10.7 Å². The summed E-state index contributed by atoms with van der Waals surface area (Å²) in [6.07, 6.45) is 6.04. The molecule has 1 aromatic rings. The Morgan fingerprint density at radius 1 is 1.61 bits per heavy atom. The van der Waals surface area contributed by atoms with Gasteiger partial charge in [-0.15, -0.1) is 0 Å². The number of hydrogen-bond donors (Lipinski definition) is 2. The molecule has 5 nitrogen and oxygen atoms in total. The molecule has 1 unspecified atom stereocenters. The van der Waals surface area contributed by atoms with Gasteiger partial charge >= 0.3 is 5.97 Å². The fourth-order valence-electron chi connectivity index (χ4n) is 2.01. The number of nitrogen functional groups attached to an aromatic ring is 1. The smallest absolute Gasteiger partial charge is 0.338 e. The Kier molecular flexibility index (Phi) is 4.88. The maximum absolute atomic E-state index is 11.1. The van der Waals surface area contributed by atoms with Crippen molar-refractivity contribution in [3.63, 3.8) is 0 Å². The van der Waals surface area contributed by atoms with Crippen molar-refractivity contribution in [2.24, 2.45) is 4.99 Å². The number of carboxylic acid groups (broad SMARTS) is 1. The van der Waals surface area contributed by atoms with Crippen molar-refractivity contribution in [2.75, 3.05) is 5.84 Å². The molecular weight excluding hydrogens is 307 g/mol. The summed E-state index contributed by atoms with van der Waals surface area (Å²) in [7, 11) is 0. The van der Waals surface area contributed by atoms with Gasteiger partial charge in [-0.3, -0.25) is 9.67 Å². The second-order valence-corrected chi connectivity index (χ2v) is 4.28. The Balaban J connectivity index is 0.00000162. The van der Waals surface area contributed by atoms with Gasteiger partial charge in [0.1, 0.15) is 0 Å². The van der Waals surface area contributed by atoms with E-state index in [4.69, 9.17) is 10.9 Å². The van der Waals surface area contributed by atoms with Gasteiger partial charge in [0.2, 0.25) is 0 Å². The van der Waals surface area contributed by atoms with Gasteiger partial charge in [-0.25, -0.2) is 4.79 Å². The van der Waals surface area contributed by atoms with Crippen LogP contribution < -0.4 is 16.5 Å². The normalized spacial score (nSPS) is 22.9. The molecule has 0 saturated carbocycles. The van der Waals surface area contributed by atoms with E-state index in [2.05, 4.69) is 4.99 Å². The number of aromatic carboxylic acids is 1. The van der Waals surface area contributed by atoms with Crippen molar-refractivity contribution < 1.29 is 42.6 Å². The third-order valence-electron chi connectivity index (χ3n) is 2.75. The Morgan fingerprint density at radius 2 is 2.28 bits per heavy atom. The summed E-state index contributed by atoms with van der Waals surface area (Å²) in [6.45, 7) is 3.96. The molecule has 6 heteroatoms. The molecule has 0 aromatic carbocycles. The van der Waals surface area contributed by atoms with Crippen LogP contribution in [0.5, 0.6) is 0 Å². The second-order valence-electron chi connectivity index (χ2n) is 4.28. The first-order valence-electron chi connectivity index (χ1n) is 5.44. The topological polar surface area (TPSA) is 80.6 Å². The monoisotopic (exact) mass is 322 g/mol. The van der Waals surface area contributed by atoms with Crippen molar-refractivity contribution in [3.05, 3.63) is 34.1 Å². The first kappa shape index (κ1) is 15.1. The van der Waals surface area contributed by atoms with Crippen LogP contribution in [0.1, 0.15) is 30.6 Å². The van der Waals surface area contributed by atoms with Crippen molar-refractivity contribution in [1.82, 2.24) is 4.68 Å². The molecule has 1 aliphatic heterocycles. The summed E-state index contributed by atoms with van der Waals surface area (Å²) in [4.78, 5) is 15.5. The summed E-state index contributed by atoms with van der Waals surface area (Å²) in [5.41, 5.74) is 1.90. The predicted molar refractivity (Wildman–Crippen MR) is 64.6 cm³/mol. The Hall–Kier alpha value is -0.936. The van der Waals surface area contributed by atoms with Crippen LogP contribution in [-0.2, 0) is 32.7 Å². The third kappa shape index (κ3) is 2.90. The molecule has 0 amide bonds. The minimum Gasteiger partial charge on any atom is -0.478 e. The molecule has 1 radical (unpaired) electrons. The van der Waals surface area contributed by atoms with Gasteiger partial charge in [-0.2, -0.15) is 0 Å². The van der Waals surface area contributed by atoms with Crippen LogP contribution in [0.25, 0.3) is 6.08 Å². The average Bonchev–Trinajstić information content (AvgIpc) is 2.51. The Bertz CT molecular complexity index is 616. The first-order chi connectivity index (χ1) is 7.99. The van der Waals surface area contributed by atoms with Gasteiger partial charge in [-0.05, 0) is 20.3 Å². The third-order valence-corrected chi connectivity index (χ3v) is 2.75. The molecule has 3 N–H and O–H groups in total. The quantitative estimate of drug-likeness (QED) is 0.566. The number of carboxylic acids is 1. The zero-order valence-electron chi connectivity index (χ0n) is 10.4. The molecule has 2 heterocycles. The van der Waals surface area contributed by atoms with Crippen LogP contribution in [-0.4, -0.2) is 21.8 Å². The average molecular weight is 322 g/mol. The minimum absolute atomic E-state index is 0. The fraction of sp³-hybridized carbons (Fsp3) is 0.333. The van der Waals surface area contributed by atoms with Gasteiger partial charge < -0.3 is 10.9 Å². The largest absolute Gasteiger partial charge is 0.478 e. The molecule has 2 rings (SSSR count). The summed E-state index contributed by atoms with van der Waals surface area (Å²) in [5, 5.41) is 9.71. The van der Waals surface area contributed by atoms with E-state index in [-0.39, 0.29) is 44.3 Å². The van der Waals surface area contributed by atoms with E-state index in [1.54, 1.807) is 0 Å². The van der Waals surface area contributed by atoms with E-state index in [9.17, 15) is 4.79 Å². The zero-order valence-corrected chi connectivity index (χ0v) is 13.3. The van der Waals surface area contributed by atoms with Crippen LogP contribution in [0.3, 0.4) is 0 Å². The van der Waals surface area contributed by atoms with Gasteiger partial charge in [-0.1, -0.05) is 17.7 Å². The number of allylic oxidation sites excluding steroid dienone is 1.